The molecule has 2 N–H and O–H groups in total. The number of likely N-dealkylation sites (tertiary alicyclic amines) is 1. The van der Waals surface area contributed by atoms with Crippen LogP contribution in [-0.4, -0.2) is 23.3 Å². The summed E-state index contributed by atoms with van der Waals surface area (Å²) >= 11 is 0. The second kappa shape index (κ2) is 4.88. The molecule has 0 aromatic heterocycles. The maximum atomic E-state index is 11.5. The molecule has 1 aliphatic heterocycles. The van der Waals surface area contributed by atoms with Crippen molar-refractivity contribution in [2.24, 2.45) is 0 Å². The first-order valence-corrected chi connectivity index (χ1v) is 6.17. The first-order valence-electron chi connectivity index (χ1n) is 6.17. The molecule has 0 saturated carbocycles. The minimum Gasteiger partial charge on any atom is -0.398 e. The van der Waals surface area contributed by atoms with Crippen LogP contribution in [0.3, 0.4) is 0 Å². The third kappa shape index (κ3) is 2.67. The van der Waals surface area contributed by atoms with Gasteiger partial charge in [-0.15, -0.1) is 0 Å². The zero-order chi connectivity index (χ0) is 12.4. The van der Waals surface area contributed by atoms with Crippen molar-refractivity contribution in [1.82, 2.24) is 4.90 Å². The smallest absolute Gasteiger partial charge is 0.146 e. The Hall–Kier alpha value is -1.35. The molecule has 0 amide bonds. The van der Waals surface area contributed by atoms with Crippen LogP contribution in [0.15, 0.2) is 18.2 Å². The van der Waals surface area contributed by atoms with E-state index in [0.29, 0.717) is 0 Å². The lowest BCUT2D eigenvalue weighted by atomic mass is 10.1. The Kier molecular flexibility index (Phi) is 3.48. The Morgan fingerprint density at radius 1 is 1.53 bits per heavy atom. The zero-order valence-electron chi connectivity index (χ0n) is 10.6. The van der Waals surface area contributed by atoms with E-state index >= 15 is 0 Å². The van der Waals surface area contributed by atoms with E-state index in [1.807, 2.05) is 13.0 Å². The van der Waals surface area contributed by atoms with E-state index in [4.69, 9.17) is 5.73 Å². The summed E-state index contributed by atoms with van der Waals surface area (Å²) in [5.74, 6) is 0.271. The summed E-state index contributed by atoms with van der Waals surface area (Å²) in [7, 11) is 0. The van der Waals surface area contributed by atoms with Crippen molar-refractivity contribution in [1.29, 1.82) is 0 Å². The van der Waals surface area contributed by atoms with Crippen LogP contribution in [0.1, 0.15) is 30.9 Å². The van der Waals surface area contributed by atoms with E-state index in [2.05, 4.69) is 17.0 Å². The van der Waals surface area contributed by atoms with E-state index in [0.717, 1.165) is 37.2 Å². The number of aryl methyl sites for hydroxylation is 1. The summed E-state index contributed by atoms with van der Waals surface area (Å²) in [4.78, 5) is 13.8. The topological polar surface area (TPSA) is 46.3 Å². The fourth-order valence-corrected chi connectivity index (χ4v) is 2.55. The fraction of sp³-hybridized carbons (Fsp3) is 0.500. The molecule has 1 aromatic carbocycles. The van der Waals surface area contributed by atoms with Gasteiger partial charge in [0.25, 0.3) is 0 Å². The number of nitrogens with two attached hydrogens (primary N) is 1. The number of carbonyl (C=O) groups is 1. The van der Waals surface area contributed by atoms with Gasteiger partial charge >= 0.3 is 0 Å². The molecule has 0 radical (unpaired) electrons. The van der Waals surface area contributed by atoms with Gasteiger partial charge in [-0.25, -0.2) is 0 Å². The van der Waals surface area contributed by atoms with Gasteiger partial charge in [0, 0.05) is 12.2 Å². The monoisotopic (exact) mass is 232 g/mol. The number of hydrogen-bond donors (Lipinski definition) is 1. The largest absolute Gasteiger partial charge is 0.398 e. The van der Waals surface area contributed by atoms with Crippen molar-refractivity contribution in [3.8, 4) is 0 Å². The molecule has 3 heteroatoms. The molecular formula is C14H20N2O. The van der Waals surface area contributed by atoms with Crippen LogP contribution in [-0.2, 0) is 11.3 Å². The van der Waals surface area contributed by atoms with Crippen molar-refractivity contribution in [3.05, 3.63) is 29.3 Å². The van der Waals surface area contributed by atoms with Gasteiger partial charge in [-0.3, -0.25) is 9.69 Å². The number of benzene rings is 1. The number of nitrogens with zero attached hydrogens (tertiary/aromatic N) is 1. The lowest BCUT2D eigenvalue weighted by Crippen LogP contribution is -2.34. The molecule has 3 nitrogen and oxygen atoms in total. The van der Waals surface area contributed by atoms with Crippen LogP contribution >= 0.6 is 0 Å². The third-order valence-electron chi connectivity index (χ3n) is 3.51. The average Bonchev–Trinajstić information content (AvgIpc) is 2.70. The van der Waals surface area contributed by atoms with E-state index in [1.54, 1.807) is 6.92 Å². The highest BCUT2D eigenvalue weighted by molar-refractivity contribution is 5.81. The highest BCUT2D eigenvalue weighted by Gasteiger charge is 2.28. The highest BCUT2D eigenvalue weighted by Crippen LogP contribution is 2.23. The predicted molar refractivity (Wildman–Crippen MR) is 69.7 cm³/mol. The van der Waals surface area contributed by atoms with Crippen LogP contribution in [0.25, 0.3) is 0 Å². The first-order chi connectivity index (χ1) is 8.08. The van der Waals surface area contributed by atoms with Crippen molar-refractivity contribution < 1.29 is 4.79 Å². The molecule has 1 unspecified atom stereocenters. The summed E-state index contributed by atoms with van der Waals surface area (Å²) in [5, 5.41) is 0. The lowest BCUT2D eigenvalue weighted by Gasteiger charge is -2.23. The number of rotatable bonds is 3. The molecular weight excluding hydrogens is 212 g/mol. The minimum atomic E-state index is 0.0932. The SMILES string of the molecule is CC(=O)C1CCCN1Cc1ccc(C)cc1N. The molecule has 1 heterocycles. The molecule has 1 aromatic rings. The van der Waals surface area contributed by atoms with Crippen molar-refractivity contribution in [3.63, 3.8) is 0 Å². The van der Waals surface area contributed by atoms with Gasteiger partial charge in [0.2, 0.25) is 0 Å². The van der Waals surface area contributed by atoms with Gasteiger partial charge in [0.05, 0.1) is 6.04 Å². The van der Waals surface area contributed by atoms with Gasteiger partial charge in [-0.05, 0) is 50.4 Å². The normalized spacial score (nSPS) is 20.7. The molecule has 0 spiro atoms. The van der Waals surface area contributed by atoms with E-state index in [1.165, 1.54) is 5.56 Å². The van der Waals surface area contributed by atoms with Gasteiger partial charge in [-0.2, -0.15) is 0 Å². The van der Waals surface area contributed by atoms with Crippen molar-refractivity contribution in [2.75, 3.05) is 12.3 Å². The fourth-order valence-electron chi connectivity index (χ4n) is 2.55. The Morgan fingerprint density at radius 2 is 2.29 bits per heavy atom. The highest BCUT2D eigenvalue weighted by atomic mass is 16.1. The Balaban J connectivity index is 2.12. The number of ketones is 1. The van der Waals surface area contributed by atoms with Crippen LogP contribution < -0.4 is 5.73 Å². The first kappa shape index (κ1) is 12.1. The summed E-state index contributed by atoms with van der Waals surface area (Å²) in [6.07, 6.45) is 2.09. The lowest BCUT2D eigenvalue weighted by molar-refractivity contribution is -0.121. The summed E-state index contributed by atoms with van der Waals surface area (Å²) in [6.45, 7) is 5.50. The molecule has 2 rings (SSSR count). The Bertz CT molecular complexity index is 428. The molecule has 0 aliphatic carbocycles. The summed E-state index contributed by atoms with van der Waals surface area (Å²) in [6, 6.07) is 6.23. The number of carbonyl (C=O) groups excluding carboxylic acids is 1. The molecule has 17 heavy (non-hydrogen) atoms. The van der Waals surface area contributed by atoms with Crippen LogP contribution in [0.5, 0.6) is 0 Å². The van der Waals surface area contributed by atoms with Gasteiger partial charge < -0.3 is 5.73 Å². The third-order valence-corrected chi connectivity index (χ3v) is 3.51. The zero-order valence-corrected chi connectivity index (χ0v) is 10.6. The second-order valence-electron chi connectivity index (χ2n) is 4.94. The van der Waals surface area contributed by atoms with Crippen molar-refractivity contribution in [2.45, 2.75) is 39.3 Å². The van der Waals surface area contributed by atoms with Crippen molar-refractivity contribution >= 4 is 11.5 Å². The number of anilines is 1. The molecule has 0 bridgehead atoms. The molecule has 92 valence electrons. The van der Waals surface area contributed by atoms with E-state index in [-0.39, 0.29) is 11.8 Å². The average molecular weight is 232 g/mol. The van der Waals surface area contributed by atoms with E-state index in [9.17, 15) is 4.79 Å². The van der Waals surface area contributed by atoms with E-state index < -0.39 is 0 Å². The predicted octanol–water partition coefficient (Wildman–Crippen LogP) is 2.13. The maximum Gasteiger partial charge on any atom is 0.146 e. The van der Waals surface area contributed by atoms with Crippen LogP contribution in [0.4, 0.5) is 5.69 Å². The number of nitrogen functional groups attached to an aromatic ring is 1. The number of Topliss-reactive ketones (excluding diaryl/α,β-unsaturated/α-hetero) is 1. The second-order valence-corrected chi connectivity index (χ2v) is 4.94. The van der Waals surface area contributed by atoms with Gasteiger partial charge in [0.15, 0.2) is 0 Å². The summed E-state index contributed by atoms with van der Waals surface area (Å²) in [5.41, 5.74) is 9.15. The quantitative estimate of drug-likeness (QED) is 0.812. The standard InChI is InChI=1S/C14H20N2O/c1-10-5-6-12(13(15)8-10)9-16-7-3-4-14(16)11(2)17/h5-6,8,14H,3-4,7,9,15H2,1-2H3. The van der Waals surface area contributed by atoms with Gasteiger partial charge in [-0.1, -0.05) is 12.1 Å². The number of hydrogen-bond acceptors (Lipinski definition) is 3. The van der Waals surface area contributed by atoms with Crippen LogP contribution in [0, 0.1) is 6.92 Å². The molecule has 1 aliphatic rings. The molecule has 1 saturated heterocycles. The van der Waals surface area contributed by atoms with Crippen LogP contribution in [0.2, 0.25) is 0 Å². The Labute approximate surface area is 103 Å². The minimum absolute atomic E-state index is 0.0932. The van der Waals surface area contributed by atoms with Gasteiger partial charge in [0.1, 0.15) is 5.78 Å². The molecule has 1 fully saturated rings. The molecule has 1 atom stereocenters. The Morgan fingerprint density at radius 3 is 2.94 bits per heavy atom. The summed E-state index contributed by atoms with van der Waals surface area (Å²) < 4.78 is 0. The maximum absolute atomic E-state index is 11.5.